The molecule has 1 heterocycles. The van der Waals surface area contributed by atoms with E-state index in [1.54, 1.807) is 18.5 Å². The van der Waals surface area contributed by atoms with Crippen LogP contribution < -0.4 is 11.1 Å². The second kappa shape index (κ2) is 5.82. The van der Waals surface area contributed by atoms with Crippen LogP contribution in [0.2, 0.25) is 0 Å². The SMILES string of the molecule is Nc1cccc(CC(=O)NCc2ccncc2)c1. The number of carbonyl (C=O) groups excluding carboxylic acids is 1. The van der Waals surface area contributed by atoms with Crippen molar-refractivity contribution in [1.29, 1.82) is 0 Å². The van der Waals surface area contributed by atoms with Crippen molar-refractivity contribution >= 4 is 11.6 Å². The van der Waals surface area contributed by atoms with Crippen molar-refractivity contribution in [2.45, 2.75) is 13.0 Å². The molecule has 0 aliphatic carbocycles. The molecular weight excluding hydrogens is 226 g/mol. The quantitative estimate of drug-likeness (QED) is 0.797. The summed E-state index contributed by atoms with van der Waals surface area (Å²) in [6.07, 6.45) is 3.76. The van der Waals surface area contributed by atoms with Crippen molar-refractivity contribution in [1.82, 2.24) is 10.3 Å². The predicted octanol–water partition coefficient (Wildman–Crippen LogP) is 1.52. The molecule has 0 fully saturated rings. The standard InChI is InChI=1S/C14H15N3O/c15-13-3-1-2-12(8-13)9-14(18)17-10-11-4-6-16-7-5-11/h1-8H,9-10,15H2,(H,17,18). The van der Waals surface area contributed by atoms with Gasteiger partial charge in [0.2, 0.25) is 5.91 Å². The summed E-state index contributed by atoms with van der Waals surface area (Å²) in [6, 6.07) is 11.1. The summed E-state index contributed by atoms with van der Waals surface area (Å²) >= 11 is 0. The summed E-state index contributed by atoms with van der Waals surface area (Å²) in [5.74, 6) is -0.0163. The summed E-state index contributed by atoms with van der Waals surface area (Å²) in [5.41, 5.74) is 8.29. The summed E-state index contributed by atoms with van der Waals surface area (Å²) in [4.78, 5) is 15.7. The van der Waals surface area contributed by atoms with E-state index in [9.17, 15) is 4.79 Å². The van der Waals surface area contributed by atoms with Gasteiger partial charge in [-0.2, -0.15) is 0 Å². The van der Waals surface area contributed by atoms with Gasteiger partial charge in [0.15, 0.2) is 0 Å². The highest BCUT2D eigenvalue weighted by molar-refractivity contribution is 5.78. The number of nitrogens with two attached hydrogens (primary N) is 1. The highest BCUT2D eigenvalue weighted by Gasteiger charge is 2.03. The molecule has 1 aromatic heterocycles. The van der Waals surface area contributed by atoms with Gasteiger partial charge in [0.05, 0.1) is 6.42 Å². The summed E-state index contributed by atoms with van der Waals surface area (Å²) in [7, 11) is 0. The van der Waals surface area contributed by atoms with E-state index >= 15 is 0 Å². The topological polar surface area (TPSA) is 68.0 Å². The van der Waals surface area contributed by atoms with Crippen molar-refractivity contribution in [3.63, 3.8) is 0 Å². The van der Waals surface area contributed by atoms with E-state index in [4.69, 9.17) is 5.73 Å². The monoisotopic (exact) mass is 241 g/mol. The van der Waals surface area contributed by atoms with Gasteiger partial charge in [-0.05, 0) is 35.4 Å². The van der Waals surface area contributed by atoms with E-state index in [0.29, 0.717) is 18.7 Å². The Balaban J connectivity index is 1.86. The Morgan fingerprint density at radius 1 is 1.17 bits per heavy atom. The number of hydrogen-bond acceptors (Lipinski definition) is 3. The van der Waals surface area contributed by atoms with Gasteiger partial charge >= 0.3 is 0 Å². The Morgan fingerprint density at radius 2 is 1.94 bits per heavy atom. The fraction of sp³-hybridized carbons (Fsp3) is 0.143. The van der Waals surface area contributed by atoms with E-state index in [1.165, 1.54) is 0 Å². The zero-order chi connectivity index (χ0) is 12.8. The molecule has 0 radical (unpaired) electrons. The number of anilines is 1. The van der Waals surface area contributed by atoms with E-state index < -0.39 is 0 Å². The number of nitrogens with one attached hydrogen (secondary N) is 1. The highest BCUT2D eigenvalue weighted by atomic mass is 16.1. The van der Waals surface area contributed by atoms with Crippen LogP contribution in [0.5, 0.6) is 0 Å². The lowest BCUT2D eigenvalue weighted by Gasteiger charge is -2.05. The van der Waals surface area contributed by atoms with Crippen molar-refractivity contribution in [2.24, 2.45) is 0 Å². The maximum absolute atomic E-state index is 11.7. The van der Waals surface area contributed by atoms with Crippen LogP contribution in [0.3, 0.4) is 0 Å². The van der Waals surface area contributed by atoms with Crippen molar-refractivity contribution in [3.8, 4) is 0 Å². The normalized spacial score (nSPS) is 10.0. The summed E-state index contributed by atoms with van der Waals surface area (Å²) < 4.78 is 0. The average Bonchev–Trinajstić information content (AvgIpc) is 2.38. The Bertz CT molecular complexity index is 526. The van der Waals surface area contributed by atoms with E-state index in [2.05, 4.69) is 10.3 Å². The third kappa shape index (κ3) is 3.59. The number of carbonyl (C=O) groups is 1. The molecule has 92 valence electrons. The first kappa shape index (κ1) is 12.1. The van der Waals surface area contributed by atoms with Crippen LogP contribution in [0.25, 0.3) is 0 Å². The summed E-state index contributed by atoms with van der Waals surface area (Å²) in [5, 5.41) is 2.86. The minimum Gasteiger partial charge on any atom is -0.399 e. The molecule has 0 saturated carbocycles. The van der Waals surface area contributed by atoms with Gasteiger partial charge in [0.1, 0.15) is 0 Å². The number of nitrogens with zero attached hydrogens (tertiary/aromatic N) is 1. The van der Waals surface area contributed by atoms with E-state index in [-0.39, 0.29) is 5.91 Å². The molecule has 0 bridgehead atoms. The minimum absolute atomic E-state index is 0.0163. The van der Waals surface area contributed by atoms with Gasteiger partial charge in [-0.25, -0.2) is 0 Å². The second-order valence-corrected chi connectivity index (χ2v) is 4.05. The van der Waals surface area contributed by atoms with Gasteiger partial charge in [0, 0.05) is 24.6 Å². The number of aromatic nitrogens is 1. The molecule has 0 unspecified atom stereocenters. The van der Waals surface area contributed by atoms with Crippen LogP contribution in [-0.2, 0) is 17.8 Å². The van der Waals surface area contributed by atoms with E-state index in [1.807, 2.05) is 30.3 Å². The van der Waals surface area contributed by atoms with E-state index in [0.717, 1.165) is 11.1 Å². The van der Waals surface area contributed by atoms with Gasteiger partial charge in [0.25, 0.3) is 0 Å². The number of rotatable bonds is 4. The first-order valence-corrected chi connectivity index (χ1v) is 5.74. The third-order valence-electron chi connectivity index (χ3n) is 2.55. The molecule has 0 aliphatic heterocycles. The molecule has 2 rings (SSSR count). The number of pyridine rings is 1. The molecule has 0 spiro atoms. The fourth-order valence-corrected chi connectivity index (χ4v) is 1.65. The maximum Gasteiger partial charge on any atom is 0.224 e. The molecule has 0 aliphatic rings. The summed E-state index contributed by atoms with van der Waals surface area (Å²) in [6.45, 7) is 0.518. The van der Waals surface area contributed by atoms with Gasteiger partial charge in [-0.15, -0.1) is 0 Å². The molecule has 4 nitrogen and oxygen atoms in total. The smallest absolute Gasteiger partial charge is 0.224 e. The van der Waals surface area contributed by atoms with Crippen molar-refractivity contribution < 1.29 is 4.79 Å². The van der Waals surface area contributed by atoms with Crippen molar-refractivity contribution in [3.05, 3.63) is 59.9 Å². The molecule has 4 heteroatoms. The number of benzene rings is 1. The van der Waals surface area contributed by atoms with Gasteiger partial charge in [-0.3, -0.25) is 9.78 Å². The molecule has 0 saturated heterocycles. The molecule has 2 aromatic rings. The van der Waals surface area contributed by atoms with Crippen molar-refractivity contribution in [2.75, 3.05) is 5.73 Å². The lowest BCUT2D eigenvalue weighted by molar-refractivity contribution is -0.120. The Labute approximate surface area is 106 Å². The van der Waals surface area contributed by atoms with Crippen LogP contribution in [0.15, 0.2) is 48.8 Å². The molecule has 3 N–H and O–H groups in total. The van der Waals surface area contributed by atoms with Crippen LogP contribution in [0.1, 0.15) is 11.1 Å². The zero-order valence-electron chi connectivity index (χ0n) is 9.97. The molecular formula is C14H15N3O. The van der Waals surface area contributed by atoms with Crippen LogP contribution in [0, 0.1) is 0 Å². The fourth-order valence-electron chi connectivity index (χ4n) is 1.65. The van der Waals surface area contributed by atoms with Crippen LogP contribution >= 0.6 is 0 Å². The Morgan fingerprint density at radius 3 is 2.67 bits per heavy atom. The maximum atomic E-state index is 11.7. The van der Waals surface area contributed by atoms with Crippen LogP contribution in [-0.4, -0.2) is 10.9 Å². The largest absolute Gasteiger partial charge is 0.399 e. The average molecular weight is 241 g/mol. The first-order chi connectivity index (χ1) is 8.74. The van der Waals surface area contributed by atoms with Gasteiger partial charge in [-0.1, -0.05) is 12.1 Å². The zero-order valence-corrected chi connectivity index (χ0v) is 9.97. The number of nitrogen functional groups attached to an aromatic ring is 1. The Hall–Kier alpha value is -2.36. The predicted molar refractivity (Wildman–Crippen MR) is 70.6 cm³/mol. The molecule has 18 heavy (non-hydrogen) atoms. The molecule has 0 atom stereocenters. The number of amides is 1. The Kier molecular flexibility index (Phi) is 3.91. The molecule has 1 amide bonds. The lowest BCUT2D eigenvalue weighted by Crippen LogP contribution is -2.24. The number of hydrogen-bond donors (Lipinski definition) is 2. The second-order valence-electron chi connectivity index (χ2n) is 4.05. The lowest BCUT2D eigenvalue weighted by atomic mass is 10.1. The van der Waals surface area contributed by atoms with Crippen LogP contribution in [0.4, 0.5) is 5.69 Å². The minimum atomic E-state index is -0.0163. The molecule has 1 aromatic carbocycles. The van der Waals surface area contributed by atoms with Gasteiger partial charge < -0.3 is 11.1 Å². The highest BCUT2D eigenvalue weighted by Crippen LogP contribution is 2.07. The first-order valence-electron chi connectivity index (χ1n) is 5.74. The third-order valence-corrected chi connectivity index (χ3v) is 2.55.